The van der Waals surface area contributed by atoms with Crippen molar-refractivity contribution >= 4 is 11.6 Å². The van der Waals surface area contributed by atoms with Crippen LogP contribution in [0.5, 0.6) is 0 Å². The monoisotopic (exact) mass is 245 g/mol. The van der Waals surface area contributed by atoms with Gasteiger partial charge in [-0.3, -0.25) is 0 Å². The van der Waals surface area contributed by atoms with Crippen molar-refractivity contribution in [2.45, 2.75) is 25.9 Å². The first-order valence-electron chi connectivity index (χ1n) is 5.36. The van der Waals surface area contributed by atoms with E-state index in [2.05, 4.69) is 5.32 Å². The second kappa shape index (κ2) is 5.62. The maximum Gasteiger partial charge on any atom is 0.130 e. The Morgan fingerprint density at radius 1 is 1.50 bits per heavy atom. The molecule has 0 aliphatic heterocycles. The lowest BCUT2D eigenvalue weighted by molar-refractivity contribution is 0.0535. The van der Waals surface area contributed by atoms with Crippen molar-refractivity contribution in [3.63, 3.8) is 0 Å². The summed E-state index contributed by atoms with van der Waals surface area (Å²) in [5.41, 5.74) is -0.954. The molecule has 0 amide bonds. The molecule has 2 nitrogen and oxygen atoms in total. The zero-order chi connectivity index (χ0) is 12.2. The Morgan fingerprint density at radius 2 is 2.19 bits per heavy atom. The second-order valence-electron chi connectivity index (χ2n) is 4.07. The van der Waals surface area contributed by atoms with Crippen molar-refractivity contribution < 1.29 is 9.50 Å². The molecule has 0 heterocycles. The quantitative estimate of drug-likeness (QED) is 0.782. The van der Waals surface area contributed by atoms with Gasteiger partial charge in [0.2, 0.25) is 0 Å². The van der Waals surface area contributed by atoms with Gasteiger partial charge in [-0.1, -0.05) is 24.6 Å². The molecule has 16 heavy (non-hydrogen) atoms. The van der Waals surface area contributed by atoms with E-state index in [1.165, 1.54) is 12.1 Å². The van der Waals surface area contributed by atoms with Gasteiger partial charge in [-0.05, 0) is 32.0 Å². The third kappa shape index (κ3) is 3.44. The minimum Gasteiger partial charge on any atom is -0.384 e. The predicted octanol–water partition coefficient (Wildman–Crippen LogP) is 2.69. The van der Waals surface area contributed by atoms with E-state index >= 15 is 0 Å². The van der Waals surface area contributed by atoms with Crippen molar-refractivity contribution in [1.29, 1.82) is 0 Å². The zero-order valence-electron chi connectivity index (χ0n) is 9.56. The minimum atomic E-state index is -1.22. The van der Waals surface area contributed by atoms with E-state index in [0.29, 0.717) is 11.6 Å². The molecule has 1 aromatic rings. The lowest BCUT2D eigenvalue weighted by Gasteiger charge is -2.24. The van der Waals surface area contributed by atoms with Crippen molar-refractivity contribution in [2.24, 2.45) is 0 Å². The van der Waals surface area contributed by atoms with Gasteiger partial charge in [0.25, 0.3) is 0 Å². The van der Waals surface area contributed by atoms with Crippen LogP contribution in [-0.4, -0.2) is 18.2 Å². The third-order valence-electron chi connectivity index (χ3n) is 2.41. The van der Waals surface area contributed by atoms with E-state index in [9.17, 15) is 9.50 Å². The van der Waals surface area contributed by atoms with Crippen LogP contribution in [0.1, 0.15) is 25.8 Å². The average Bonchev–Trinajstić information content (AvgIpc) is 2.17. The number of rotatable bonds is 5. The first-order valence-corrected chi connectivity index (χ1v) is 5.74. The van der Waals surface area contributed by atoms with Gasteiger partial charge in [-0.2, -0.15) is 0 Å². The van der Waals surface area contributed by atoms with Crippen LogP contribution >= 0.6 is 11.6 Å². The number of aliphatic hydroxyl groups is 1. The van der Waals surface area contributed by atoms with Crippen LogP contribution < -0.4 is 5.32 Å². The molecular weight excluding hydrogens is 229 g/mol. The average molecular weight is 246 g/mol. The topological polar surface area (TPSA) is 32.3 Å². The van der Waals surface area contributed by atoms with E-state index in [4.69, 9.17) is 11.6 Å². The van der Waals surface area contributed by atoms with Gasteiger partial charge >= 0.3 is 0 Å². The fourth-order valence-electron chi connectivity index (χ4n) is 1.53. The summed E-state index contributed by atoms with van der Waals surface area (Å²) in [5, 5.41) is 13.5. The molecule has 90 valence electrons. The molecule has 4 heteroatoms. The smallest absolute Gasteiger partial charge is 0.130 e. The van der Waals surface area contributed by atoms with Crippen molar-refractivity contribution in [2.75, 3.05) is 13.1 Å². The van der Waals surface area contributed by atoms with Gasteiger partial charge in [0.1, 0.15) is 11.4 Å². The van der Waals surface area contributed by atoms with Gasteiger partial charge in [0.15, 0.2) is 0 Å². The second-order valence-corrected chi connectivity index (χ2v) is 4.51. The van der Waals surface area contributed by atoms with Crippen LogP contribution in [0.15, 0.2) is 18.2 Å². The van der Waals surface area contributed by atoms with Crippen LogP contribution in [0, 0.1) is 5.82 Å². The summed E-state index contributed by atoms with van der Waals surface area (Å²) in [4.78, 5) is 0. The van der Waals surface area contributed by atoms with Gasteiger partial charge in [-0.25, -0.2) is 4.39 Å². The van der Waals surface area contributed by atoms with Crippen LogP contribution in [0.25, 0.3) is 0 Å². The largest absolute Gasteiger partial charge is 0.384 e. The SMILES string of the molecule is CCCNCC(C)(O)c1ccc(Cl)cc1F. The molecule has 0 spiro atoms. The molecule has 0 aliphatic carbocycles. The fourth-order valence-corrected chi connectivity index (χ4v) is 1.69. The molecule has 0 saturated heterocycles. The predicted molar refractivity (Wildman–Crippen MR) is 64.1 cm³/mol. The molecule has 0 fully saturated rings. The summed E-state index contributed by atoms with van der Waals surface area (Å²) >= 11 is 5.66. The first-order chi connectivity index (χ1) is 7.47. The van der Waals surface area contributed by atoms with Crippen molar-refractivity contribution in [3.8, 4) is 0 Å². The molecule has 2 N–H and O–H groups in total. The van der Waals surface area contributed by atoms with E-state index in [1.807, 2.05) is 6.92 Å². The van der Waals surface area contributed by atoms with Crippen molar-refractivity contribution in [1.82, 2.24) is 5.32 Å². The summed E-state index contributed by atoms with van der Waals surface area (Å²) in [5.74, 6) is -0.476. The number of halogens is 2. The minimum absolute atomic E-state index is 0.264. The molecule has 1 unspecified atom stereocenters. The van der Waals surface area contributed by atoms with Crippen LogP contribution in [0.4, 0.5) is 4.39 Å². The number of hydrogen-bond donors (Lipinski definition) is 2. The van der Waals surface area contributed by atoms with Crippen LogP contribution in [0.2, 0.25) is 5.02 Å². The van der Waals surface area contributed by atoms with E-state index in [1.54, 1.807) is 13.0 Å². The first kappa shape index (κ1) is 13.4. The maximum absolute atomic E-state index is 13.6. The Morgan fingerprint density at radius 3 is 2.75 bits per heavy atom. The number of hydrogen-bond acceptors (Lipinski definition) is 2. The van der Waals surface area contributed by atoms with Crippen molar-refractivity contribution in [3.05, 3.63) is 34.6 Å². The number of nitrogens with one attached hydrogen (secondary N) is 1. The lowest BCUT2D eigenvalue weighted by atomic mass is 9.95. The molecule has 1 aromatic carbocycles. The summed E-state index contributed by atoms with van der Waals surface area (Å²) in [6.07, 6.45) is 0.971. The molecule has 0 aromatic heterocycles. The molecule has 0 bridgehead atoms. The molecule has 0 aliphatic rings. The summed E-state index contributed by atoms with van der Waals surface area (Å²) < 4.78 is 13.6. The van der Waals surface area contributed by atoms with E-state index in [0.717, 1.165) is 13.0 Å². The summed E-state index contributed by atoms with van der Waals surface area (Å²) in [6, 6.07) is 4.31. The third-order valence-corrected chi connectivity index (χ3v) is 2.64. The highest BCUT2D eigenvalue weighted by Gasteiger charge is 2.25. The Labute approximate surface area is 100 Å². The lowest BCUT2D eigenvalue weighted by Crippen LogP contribution is -2.36. The molecular formula is C12H17ClFNO. The van der Waals surface area contributed by atoms with Gasteiger partial charge < -0.3 is 10.4 Å². The van der Waals surface area contributed by atoms with Gasteiger partial charge in [-0.15, -0.1) is 0 Å². The maximum atomic E-state index is 13.6. The number of benzene rings is 1. The highest BCUT2D eigenvalue weighted by atomic mass is 35.5. The highest BCUT2D eigenvalue weighted by molar-refractivity contribution is 6.30. The molecule has 0 radical (unpaired) electrons. The Bertz CT molecular complexity index is 355. The molecule has 1 atom stereocenters. The van der Waals surface area contributed by atoms with E-state index in [-0.39, 0.29) is 5.56 Å². The van der Waals surface area contributed by atoms with Gasteiger partial charge in [0.05, 0.1) is 0 Å². The molecule has 1 rings (SSSR count). The fraction of sp³-hybridized carbons (Fsp3) is 0.500. The van der Waals surface area contributed by atoms with Crippen LogP contribution in [-0.2, 0) is 5.60 Å². The Kier molecular flexibility index (Phi) is 4.71. The van der Waals surface area contributed by atoms with Crippen LogP contribution in [0.3, 0.4) is 0 Å². The summed E-state index contributed by atoms with van der Waals surface area (Å²) in [6.45, 7) is 4.73. The zero-order valence-corrected chi connectivity index (χ0v) is 10.3. The highest BCUT2D eigenvalue weighted by Crippen LogP contribution is 2.25. The normalized spacial score (nSPS) is 14.8. The van der Waals surface area contributed by atoms with E-state index < -0.39 is 11.4 Å². The Balaban J connectivity index is 2.80. The summed E-state index contributed by atoms with van der Waals surface area (Å²) in [7, 11) is 0. The van der Waals surface area contributed by atoms with Gasteiger partial charge in [0, 0.05) is 17.1 Å². The molecule has 0 saturated carbocycles. The standard InChI is InChI=1S/C12H17ClFNO/c1-3-6-15-8-12(2,16)10-5-4-9(13)7-11(10)14/h4-5,7,15-16H,3,6,8H2,1-2H3. The Hall–Kier alpha value is -0.640.